The van der Waals surface area contributed by atoms with E-state index in [9.17, 15) is 4.79 Å². The second-order valence-electron chi connectivity index (χ2n) is 5.17. The second-order valence-corrected chi connectivity index (χ2v) is 5.17. The zero-order valence-corrected chi connectivity index (χ0v) is 11.0. The molecule has 6 heteroatoms. The van der Waals surface area contributed by atoms with E-state index in [0.29, 0.717) is 11.6 Å². The minimum Gasteiger partial charge on any atom is -0.396 e. The van der Waals surface area contributed by atoms with Crippen molar-refractivity contribution in [2.45, 2.75) is 25.9 Å². The Balaban J connectivity index is 1.84. The van der Waals surface area contributed by atoms with Gasteiger partial charge in [0.2, 0.25) is 5.91 Å². The Morgan fingerprint density at radius 2 is 2.44 bits per heavy atom. The van der Waals surface area contributed by atoms with Gasteiger partial charge >= 0.3 is 0 Å². The molecule has 1 amide bonds. The number of hydrogen-bond donors (Lipinski definition) is 2. The number of piperidine rings is 1. The van der Waals surface area contributed by atoms with Crippen molar-refractivity contribution < 1.29 is 4.79 Å². The standard InChI is InChI=1S/C12H21N5O/c1-9-6-16(2)4-3-11(9)15-12(18)8-17-7-10(13)5-14-17/h5,7,9,11H,3-4,6,8,13H2,1-2H3,(H,15,18). The highest BCUT2D eigenvalue weighted by Gasteiger charge is 2.25. The van der Waals surface area contributed by atoms with Gasteiger partial charge in [-0.25, -0.2) is 0 Å². The lowest BCUT2D eigenvalue weighted by molar-refractivity contribution is -0.123. The number of nitrogens with two attached hydrogens (primary N) is 1. The molecule has 0 saturated carbocycles. The van der Waals surface area contributed by atoms with Crippen LogP contribution in [0.2, 0.25) is 0 Å². The first-order valence-corrected chi connectivity index (χ1v) is 6.30. The maximum absolute atomic E-state index is 11.9. The monoisotopic (exact) mass is 251 g/mol. The van der Waals surface area contributed by atoms with E-state index in [1.165, 1.54) is 0 Å². The molecule has 6 nitrogen and oxygen atoms in total. The molecule has 1 fully saturated rings. The Kier molecular flexibility index (Phi) is 3.86. The van der Waals surface area contributed by atoms with Crippen LogP contribution >= 0.6 is 0 Å². The van der Waals surface area contributed by atoms with Crippen molar-refractivity contribution in [1.29, 1.82) is 0 Å². The highest BCUT2D eigenvalue weighted by Crippen LogP contribution is 2.15. The molecule has 1 saturated heterocycles. The van der Waals surface area contributed by atoms with Gasteiger partial charge in [0.15, 0.2) is 0 Å². The molecular weight excluding hydrogens is 230 g/mol. The molecule has 2 unspecified atom stereocenters. The van der Waals surface area contributed by atoms with E-state index in [4.69, 9.17) is 5.73 Å². The number of rotatable bonds is 3. The van der Waals surface area contributed by atoms with Gasteiger partial charge in [0.05, 0.1) is 11.9 Å². The molecule has 0 spiro atoms. The third kappa shape index (κ3) is 3.22. The number of nitrogens with one attached hydrogen (secondary N) is 1. The second kappa shape index (κ2) is 5.39. The van der Waals surface area contributed by atoms with Crippen molar-refractivity contribution >= 4 is 11.6 Å². The van der Waals surface area contributed by atoms with Crippen LogP contribution in [0.25, 0.3) is 0 Å². The first-order valence-electron chi connectivity index (χ1n) is 6.30. The molecule has 0 radical (unpaired) electrons. The van der Waals surface area contributed by atoms with Crippen LogP contribution < -0.4 is 11.1 Å². The fourth-order valence-corrected chi connectivity index (χ4v) is 2.43. The first kappa shape index (κ1) is 12.9. The number of carbonyl (C=O) groups is 1. The molecule has 3 N–H and O–H groups in total. The highest BCUT2D eigenvalue weighted by atomic mass is 16.2. The fraction of sp³-hybridized carbons (Fsp3) is 0.667. The number of anilines is 1. The summed E-state index contributed by atoms with van der Waals surface area (Å²) in [6, 6.07) is 0.265. The third-order valence-corrected chi connectivity index (χ3v) is 3.41. The molecule has 100 valence electrons. The van der Waals surface area contributed by atoms with Gasteiger partial charge < -0.3 is 16.0 Å². The van der Waals surface area contributed by atoms with Crippen LogP contribution in [0.4, 0.5) is 5.69 Å². The average Bonchev–Trinajstić information content (AvgIpc) is 2.68. The van der Waals surface area contributed by atoms with Crippen molar-refractivity contribution in [2.24, 2.45) is 5.92 Å². The van der Waals surface area contributed by atoms with Crippen LogP contribution in [0, 0.1) is 5.92 Å². The Morgan fingerprint density at radius 3 is 3.06 bits per heavy atom. The van der Waals surface area contributed by atoms with Gasteiger partial charge in [-0.2, -0.15) is 5.10 Å². The molecular formula is C12H21N5O. The first-order chi connectivity index (χ1) is 8.54. The van der Waals surface area contributed by atoms with Crippen LogP contribution in [-0.2, 0) is 11.3 Å². The van der Waals surface area contributed by atoms with Crippen molar-refractivity contribution in [3.05, 3.63) is 12.4 Å². The molecule has 2 heterocycles. The smallest absolute Gasteiger partial charge is 0.241 e. The number of aromatic nitrogens is 2. The highest BCUT2D eigenvalue weighted by molar-refractivity contribution is 5.76. The third-order valence-electron chi connectivity index (χ3n) is 3.41. The summed E-state index contributed by atoms with van der Waals surface area (Å²) < 4.78 is 1.56. The van der Waals surface area contributed by atoms with E-state index in [0.717, 1.165) is 19.5 Å². The summed E-state index contributed by atoms with van der Waals surface area (Å²) in [7, 11) is 2.11. The average molecular weight is 251 g/mol. The molecule has 1 aliphatic rings. The van der Waals surface area contributed by atoms with Gasteiger partial charge in [0, 0.05) is 18.8 Å². The molecule has 1 aromatic heterocycles. The molecule has 0 aromatic carbocycles. The largest absolute Gasteiger partial charge is 0.396 e. The predicted molar refractivity (Wildman–Crippen MR) is 69.8 cm³/mol. The molecule has 1 aliphatic heterocycles. The van der Waals surface area contributed by atoms with Gasteiger partial charge in [-0.3, -0.25) is 9.48 Å². The number of amides is 1. The predicted octanol–water partition coefficient (Wildman–Crippen LogP) is -0.0783. The maximum atomic E-state index is 11.9. The maximum Gasteiger partial charge on any atom is 0.241 e. The van der Waals surface area contributed by atoms with Gasteiger partial charge in [0.1, 0.15) is 6.54 Å². The van der Waals surface area contributed by atoms with Crippen molar-refractivity contribution in [1.82, 2.24) is 20.0 Å². The van der Waals surface area contributed by atoms with Crippen molar-refractivity contribution in [3.63, 3.8) is 0 Å². The Morgan fingerprint density at radius 1 is 1.67 bits per heavy atom. The number of carbonyl (C=O) groups excluding carboxylic acids is 1. The molecule has 0 bridgehead atoms. The van der Waals surface area contributed by atoms with Crippen LogP contribution in [-0.4, -0.2) is 46.8 Å². The molecule has 18 heavy (non-hydrogen) atoms. The van der Waals surface area contributed by atoms with Crippen molar-refractivity contribution in [2.75, 3.05) is 25.9 Å². The summed E-state index contributed by atoms with van der Waals surface area (Å²) in [5.41, 5.74) is 6.13. The number of hydrogen-bond acceptors (Lipinski definition) is 4. The fourth-order valence-electron chi connectivity index (χ4n) is 2.43. The van der Waals surface area contributed by atoms with Gasteiger partial charge in [0.25, 0.3) is 0 Å². The number of nitrogens with zero attached hydrogens (tertiary/aromatic N) is 3. The normalized spacial score (nSPS) is 25.0. The van der Waals surface area contributed by atoms with E-state index >= 15 is 0 Å². The van der Waals surface area contributed by atoms with Gasteiger partial charge in [-0.15, -0.1) is 0 Å². The van der Waals surface area contributed by atoms with Crippen LogP contribution in [0.3, 0.4) is 0 Å². The van der Waals surface area contributed by atoms with E-state index in [-0.39, 0.29) is 18.5 Å². The minimum atomic E-state index is -0.000460. The van der Waals surface area contributed by atoms with E-state index in [2.05, 4.69) is 29.3 Å². The van der Waals surface area contributed by atoms with Crippen LogP contribution in [0.1, 0.15) is 13.3 Å². The summed E-state index contributed by atoms with van der Waals surface area (Å²) >= 11 is 0. The van der Waals surface area contributed by atoms with E-state index in [1.807, 2.05) is 0 Å². The summed E-state index contributed by atoms with van der Waals surface area (Å²) in [5.74, 6) is 0.481. The van der Waals surface area contributed by atoms with E-state index < -0.39 is 0 Å². The van der Waals surface area contributed by atoms with Crippen LogP contribution in [0.15, 0.2) is 12.4 Å². The van der Waals surface area contributed by atoms with Gasteiger partial charge in [-0.05, 0) is 25.9 Å². The lowest BCUT2D eigenvalue weighted by atomic mass is 9.94. The number of nitrogen functional groups attached to an aromatic ring is 1. The zero-order valence-electron chi connectivity index (χ0n) is 11.0. The molecule has 2 atom stereocenters. The summed E-state index contributed by atoms with van der Waals surface area (Å²) in [4.78, 5) is 14.2. The number of likely N-dealkylation sites (tertiary alicyclic amines) is 1. The van der Waals surface area contributed by atoms with Crippen molar-refractivity contribution in [3.8, 4) is 0 Å². The molecule has 2 rings (SSSR count). The lowest BCUT2D eigenvalue weighted by Crippen LogP contribution is -2.49. The molecule has 0 aliphatic carbocycles. The Bertz CT molecular complexity index is 416. The van der Waals surface area contributed by atoms with Gasteiger partial charge in [-0.1, -0.05) is 6.92 Å². The lowest BCUT2D eigenvalue weighted by Gasteiger charge is -2.35. The van der Waals surface area contributed by atoms with E-state index in [1.54, 1.807) is 17.1 Å². The minimum absolute atomic E-state index is 0.000460. The zero-order chi connectivity index (χ0) is 13.1. The summed E-state index contributed by atoms with van der Waals surface area (Å²) in [6.45, 7) is 4.46. The molecule has 1 aromatic rings. The quantitative estimate of drug-likeness (QED) is 0.788. The summed E-state index contributed by atoms with van der Waals surface area (Å²) in [5, 5.41) is 7.08. The summed E-state index contributed by atoms with van der Waals surface area (Å²) in [6.07, 6.45) is 4.22. The Hall–Kier alpha value is -1.56. The SMILES string of the molecule is CC1CN(C)CCC1NC(=O)Cn1cc(N)cn1. The topological polar surface area (TPSA) is 76.2 Å². The van der Waals surface area contributed by atoms with Crippen LogP contribution in [0.5, 0.6) is 0 Å². The Labute approximate surface area is 107 Å².